The number of rotatable bonds is 6. The van der Waals surface area contributed by atoms with Crippen molar-refractivity contribution in [2.75, 3.05) is 4.90 Å². The molecule has 0 aliphatic heterocycles. The summed E-state index contributed by atoms with van der Waals surface area (Å²) in [6.45, 7) is 0. The summed E-state index contributed by atoms with van der Waals surface area (Å²) in [6, 6.07) is 96.6. The van der Waals surface area contributed by atoms with E-state index in [2.05, 4.69) is 271 Å². The Morgan fingerprint density at radius 2 is 0.653 bits per heavy atom. The van der Waals surface area contributed by atoms with Gasteiger partial charge in [-0.2, -0.15) is 0 Å². The number of hydrogen-bond acceptors (Lipinski definition) is 1. The number of aromatic nitrogens is 1. The van der Waals surface area contributed by atoms with E-state index in [4.69, 9.17) is 0 Å². The number of fused-ring (bicyclic) bond motifs is 16. The molecular formula is C70H44N2. The number of aromatic amines is 1. The van der Waals surface area contributed by atoms with Crippen LogP contribution in [0.25, 0.3) is 131 Å². The minimum Gasteiger partial charge on any atom is -0.354 e. The monoisotopic (exact) mass is 912 g/mol. The van der Waals surface area contributed by atoms with Crippen LogP contribution >= 0.6 is 0 Å². The molecule has 2 nitrogen and oxygen atoms in total. The van der Waals surface area contributed by atoms with E-state index in [1.807, 2.05) is 0 Å². The van der Waals surface area contributed by atoms with Gasteiger partial charge in [-0.3, -0.25) is 0 Å². The molecule has 0 unspecified atom stereocenters. The summed E-state index contributed by atoms with van der Waals surface area (Å²) < 4.78 is 0. The fraction of sp³-hybridized carbons (Fsp3) is 0. The summed E-state index contributed by atoms with van der Waals surface area (Å²) in [5.41, 5.74) is 12.6. The Balaban J connectivity index is 1.03. The van der Waals surface area contributed by atoms with E-state index < -0.39 is 0 Å². The van der Waals surface area contributed by atoms with Crippen LogP contribution in [0.1, 0.15) is 0 Å². The number of hydrogen-bond donors (Lipinski definition) is 1. The van der Waals surface area contributed by atoms with Crippen molar-refractivity contribution in [1.82, 2.24) is 4.98 Å². The summed E-state index contributed by atoms with van der Waals surface area (Å²) >= 11 is 0. The fourth-order valence-electron chi connectivity index (χ4n) is 12.0. The maximum Gasteiger partial charge on any atom is 0.0545 e. The van der Waals surface area contributed by atoms with Crippen LogP contribution in [0.15, 0.2) is 261 Å². The largest absolute Gasteiger partial charge is 0.354 e. The summed E-state index contributed by atoms with van der Waals surface area (Å²) in [4.78, 5) is 6.47. The fourth-order valence-corrected chi connectivity index (χ4v) is 12.0. The molecule has 1 heterocycles. The highest BCUT2D eigenvalue weighted by molar-refractivity contribution is 6.27. The molecule has 15 aromatic rings. The van der Waals surface area contributed by atoms with Crippen LogP contribution in [-0.2, 0) is 0 Å². The molecule has 0 amide bonds. The lowest BCUT2D eigenvalue weighted by Crippen LogP contribution is -2.10. The minimum atomic E-state index is 1.08. The van der Waals surface area contributed by atoms with E-state index in [0.29, 0.717) is 0 Å². The zero-order valence-electron chi connectivity index (χ0n) is 39.3. The van der Waals surface area contributed by atoms with Crippen molar-refractivity contribution < 1.29 is 0 Å². The second kappa shape index (κ2) is 16.0. The van der Waals surface area contributed by atoms with Gasteiger partial charge in [0.25, 0.3) is 0 Å². The molecule has 2 heteroatoms. The lowest BCUT2D eigenvalue weighted by molar-refractivity contribution is 1.30. The van der Waals surface area contributed by atoms with Crippen molar-refractivity contribution >= 4 is 114 Å². The van der Waals surface area contributed by atoms with Crippen LogP contribution in [0.4, 0.5) is 17.1 Å². The third-order valence-electron chi connectivity index (χ3n) is 15.3. The van der Waals surface area contributed by atoms with Gasteiger partial charge in [0.1, 0.15) is 0 Å². The van der Waals surface area contributed by atoms with Crippen LogP contribution in [-0.4, -0.2) is 4.98 Å². The predicted molar refractivity (Wildman–Crippen MR) is 309 cm³/mol. The zero-order chi connectivity index (χ0) is 47.3. The molecule has 0 bridgehead atoms. The quantitative estimate of drug-likeness (QED) is 0.165. The highest BCUT2D eigenvalue weighted by Crippen LogP contribution is 2.47. The normalized spacial score (nSPS) is 11.9. The van der Waals surface area contributed by atoms with Crippen LogP contribution < -0.4 is 4.90 Å². The summed E-state index contributed by atoms with van der Waals surface area (Å²) in [5, 5.41) is 19.8. The first-order chi connectivity index (χ1) is 35.7. The molecule has 0 radical (unpaired) electrons. The Labute approximate surface area is 416 Å². The maximum atomic E-state index is 3.97. The Hall–Kier alpha value is -9.50. The van der Waals surface area contributed by atoms with Crippen molar-refractivity contribution in [3.63, 3.8) is 0 Å². The molecule has 15 rings (SSSR count). The van der Waals surface area contributed by atoms with E-state index in [0.717, 1.165) is 33.7 Å². The van der Waals surface area contributed by atoms with E-state index in [-0.39, 0.29) is 0 Å². The first kappa shape index (κ1) is 40.4. The van der Waals surface area contributed by atoms with Gasteiger partial charge in [-0.25, -0.2) is 0 Å². The average Bonchev–Trinajstić information content (AvgIpc) is 3.83. The van der Waals surface area contributed by atoms with Crippen LogP contribution in [0.5, 0.6) is 0 Å². The molecule has 72 heavy (non-hydrogen) atoms. The van der Waals surface area contributed by atoms with E-state index in [1.54, 1.807) is 0 Å². The van der Waals surface area contributed by atoms with Crippen molar-refractivity contribution in [3.05, 3.63) is 261 Å². The Bertz CT molecular complexity index is 4450. The highest BCUT2D eigenvalue weighted by Gasteiger charge is 2.22. The number of anilines is 3. The van der Waals surface area contributed by atoms with Gasteiger partial charge in [0.05, 0.1) is 5.52 Å². The van der Waals surface area contributed by atoms with Gasteiger partial charge in [-0.1, -0.05) is 200 Å². The number of benzene rings is 14. The molecule has 0 fully saturated rings. The molecule has 0 spiro atoms. The Morgan fingerprint density at radius 3 is 1.18 bits per heavy atom. The molecule has 0 saturated heterocycles. The first-order valence-electron chi connectivity index (χ1n) is 24.9. The molecule has 0 atom stereocenters. The minimum absolute atomic E-state index is 1.08. The van der Waals surface area contributed by atoms with Gasteiger partial charge in [0.15, 0.2) is 0 Å². The van der Waals surface area contributed by atoms with E-state index in [1.165, 1.54) is 114 Å². The molecule has 0 saturated carbocycles. The van der Waals surface area contributed by atoms with Crippen molar-refractivity contribution in [2.45, 2.75) is 0 Å². The predicted octanol–water partition coefficient (Wildman–Crippen LogP) is 19.9. The lowest BCUT2D eigenvalue weighted by atomic mass is 9.91. The van der Waals surface area contributed by atoms with Gasteiger partial charge in [-0.05, 0) is 164 Å². The standard InChI is InChI=1S/C70H44N2/c1-3-17-44(18-4-1)46-31-36-69-66(38-46)68-40-48(45-19-5-2-6-20-45)39-67(70(68)71-69)63-43-51(37-47-21-7-8-22-52(47)63)72(49-32-34-61-57-27-11-9-23-53(57)55-25-13-15-29-59(55)64(61)41-49)50-33-35-62-58-28-12-10-24-54(58)56-26-14-16-30-60(56)65(62)42-50/h1-43,71H. The first-order valence-corrected chi connectivity index (χ1v) is 24.9. The second-order valence-electron chi connectivity index (χ2n) is 19.3. The summed E-state index contributed by atoms with van der Waals surface area (Å²) in [5.74, 6) is 0. The number of nitrogens with zero attached hydrogens (tertiary/aromatic N) is 1. The number of H-pyrrole nitrogens is 1. The molecular weight excluding hydrogens is 869 g/mol. The molecule has 1 aromatic heterocycles. The number of nitrogens with one attached hydrogen (secondary N) is 1. The van der Waals surface area contributed by atoms with Gasteiger partial charge in [-0.15, -0.1) is 0 Å². The molecule has 1 N–H and O–H groups in total. The average molecular weight is 913 g/mol. The molecule has 0 aliphatic rings. The summed E-state index contributed by atoms with van der Waals surface area (Å²) in [7, 11) is 0. The van der Waals surface area contributed by atoms with Gasteiger partial charge < -0.3 is 9.88 Å². The SMILES string of the molecule is c1ccc(-c2ccc3[nH]c4c(-c5cc(N(c6ccc7c8ccccc8c8ccccc8c7c6)c6ccc7c8ccccc8c8ccccc8c7c6)cc6ccccc56)cc(-c5ccccc5)cc4c3c2)cc1. The van der Waals surface area contributed by atoms with Gasteiger partial charge >= 0.3 is 0 Å². The van der Waals surface area contributed by atoms with E-state index >= 15 is 0 Å². The van der Waals surface area contributed by atoms with Crippen LogP contribution in [0.2, 0.25) is 0 Å². The third-order valence-corrected chi connectivity index (χ3v) is 15.3. The van der Waals surface area contributed by atoms with Crippen LogP contribution in [0, 0.1) is 0 Å². The van der Waals surface area contributed by atoms with Gasteiger partial charge in [0.2, 0.25) is 0 Å². The van der Waals surface area contributed by atoms with Crippen molar-refractivity contribution in [3.8, 4) is 33.4 Å². The topological polar surface area (TPSA) is 19.0 Å². The second-order valence-corrected chi connectivity index (χ2v) is 19.3. The third kappa shape index (κ3) is 6.29. The molecule has 0 aliphatic carbocycles. The summed E-state index contributed by atoms with van der Waals surface area (Å²) in [6.07, 6.45) is 0. The van der Waals surface area contributed by atoms with Crippen molar-refractivity contribution in [1.29, 1.82) is 0 Å². The Morgan fingerprint density at radius 1 is 0.222 bits per heavy atom. The zero-order valence-corrected chi connectivity index (χ0v) is 39.3. The van der Waals surface area contributed by atoms with Crippen LogP contribution in [0.3, 0.4) is 0 Å². The van der Waals surface area contributed by atoms with Gasteiger partial charge in [0, 0.05) is 38.9 Å². The van der Waals surface area contributed by atoms with Crippen molar-refractivity contribution in [2.24, 2.45) is 0 Å². The van der Waals surface area contributed by atoms with E-state index in [9.17, 15) is 0 Å². The maximum absolute atomic E-state index is 3.97. The Kier molecular flexibility index (Phi) is 8.99. The smallest absolute Gasteiger partial charge is 0.0545 e. The highest BCUT2D eigenvalue weighted by atomic mass is 15.1. The lowest BCUT2D eigenvalue weighted by Gasteiger charge is -2.28. The molecule has 14 aromatic carbocycles. The molecule has 334 valence electrons.